The standard InChI is InChI=1S/C12H18N2O2.C8H12N2O.4C2H6/c1-8(2)9-6-10(11(15)13(3)4)12(16)14(5)7-9;1-6(2)7-3-9-8(5-11)10-4-7;4*1-2/h6-8H,1-5H3;3-4,6,11H,5H2,1-2H3;4*1-2H3. The Kier molecular flexibility index (Phi) is 27.9. The summed E-state index contributed by atoms with van der Waals surface area (Å²) in [4.78, 5) is 32.9. The Morgan fingerprint density at radius 2 is 1.29 bits per heavy atom. The molecule has 0 unspecified atom stereocenters. The van der Waals surface area contributed by atoms with E-state index < -0.39 is 0 Å². The van der Waals surface area contributed by atoms with E-state index in [1.165, 1.54) is 9.47 Å². The van der Waals surface area contributed by atoms with Gasteiger partial charge in [0.05, 0.1) is 0 Å². The van der Waals surface area contributed by atoms with Gasteiger partial charge in [-0.05, 0) is 29.0 Å². The Labute approximate surface area is 215 Å². The predicted octanol–water partition coefficient (Wildman–Crippen LogP) is 6.41. The van der Waals surface area contributed by atoms with Crippen LogP contribution >= 0.6 is 0 Å². The van der Waals surface area contributed by atoms with E-state index in [-0.39, 0.29) is 23.6 Å². The average molecular weight is 495 g/mol. The molecule has 0 aromatic carbocycles. The second-order valence-electron chi connectivity index (χ2n) is 7.20. The van der Waals surface area contributed by atoms with Crippen molar-refractivity contribution in [3.63, 3.8) is 0 Å². The van der Waals surface area contributed by atoms with Crippen LogP contribution in [0.3, 0.4) is 0 Å². The molecule has 0 radical (unpaired) electrons. The normalized spacial score (nSPS) is 8.86. The second-order valence-corrected chi connectivity index (χ2v) is 7.20. The number of rotatable bonds is 4. The molecule has 204 valence electrons. The van der Waals surface area contributed by atoms with Crippen molar-refractivity contribution in [2.24, 2.45) is 7.05 Å². The van der Waals surface area contributed by atoms with Gasteiger partial charge in [-0.3, -0.25) is 9.59 Å². The van der Waals surface area contributed by atoms with Crippen molar-refractivity contribution in [2.75, 3.05) is 14.1 Å². The molecule has 0 bridgehead atoms. The molecule has 35 heavy (non-hydrogen) atoms. The first-order chi connectivity index (χ1) is 16.6. The van der Waals surface area contributed by atoms with Crippen LogP contribution in [0.2, 0.25) is 0 Å². The molecular weight excluding hydrogens is 440 g/mol. The van der Waals surface area contributed by atoms with Crippen LogP contribution in [-0.2, 0) is 13.7 Å². The van der Waals surface area contributed by atoms with Crippen LogP contribution in [-0.4, -0.2) is 44.5 Å². The Morgan fingerprint density at radius 1 is 0.886 bits per heavy atom. The van der Waals surface area contributed by atoms with Gasteiger partial charge < -0.3 is 14.6 Å². The molecule has 0 saturated carbocycles. The Balaban J connectivity index is -0.000000220. The van der Waals surface area contributed by atoms with E-state index >= 15 is 0 Å². The molecule has 0 fully saturated rings. The van der Waals surface area contributed by atoms with Gasteiger partial charge in [-0.2, -0.15) is 0 Å². The number of carbonyl (C=O) groups is 1. The maximum atomic E-state index is 11.8. The van der Waals surface area contributed by atoms with E-state index in [2.05, 4.69) is 23.8 Å². The van der Waals surface area contributed by atoms with Crippen LogP contribution in [0.4, 0.5) is 0 Å². The van der Waals surface area contributed by atoms with E-state index in [4.69, 9.17) is 5.11 Å². The summed E-state index contributed by atoms with van der Waals surface area (Å²) in [7, 11) is 4.95. The molecule has 0 aliphatic carbocycles. The SMILES string of the molecule is CC.CC.CC.CC.CC(C)c1cc(C(=O)N(C)C)c(=O)n(C)c1.CC(C)c1cnc(CO)nc1. The number of carbonyl (C=O) groups excluding carboxylic acids is 1. The van der Waals surface area contributed by atoms with E-state index in [0.29, 0.717) is 17.7 Å². The van der Waals surface area contributed by atoms with Gasteiger partial charge in [0, 0.05) is 39.7 Å². The predicted molar refractivity (Wildman–Crippen MR) is 151 cm³/mol. The molecule has 7 nitrogen and oxygen atoms in total. The minimum Gasteiger partial charge on any atom is -0.388 e. The second kappa shape index (κ2) is 24.6. The molecule has 7 heteroatoms. The minimum atomic E-state index is -0.247. The van der Waals surface area contributed by atoms with E-state index in [0.717, 1.165) is 11.1 Å². The van der Waals surface area contributed by atoms with Crippen molar-refractivity contribution < 1.29 is 9.90 Å². The fourth-order valence-corrected chi connectivity index (χ4v) is 2.19. The molecule has 0 aliphatic rings. The maximum Gasteiger partial charge on any atom is 0.263 e. The van der Waals surface area contributed by atoms with Gasteiger partial charge in [-0.1, -0.05) is 83.1 Å². The summed E-state index contributed by atoms with van der Waals surface area (Å²) in [5.74, 6) is 0.973. The highest BCUT2D eigenvalue weighted by molar-refractivity contribution is 5.93. The summed E-state index contributed by atoms with van der Waals surface area (Å²) in [5.41, 5.74) is 2.08. The van der Waals surface area contributed by atoms with Gasteiger partial charge in [-0.15, -0.1) is 0 Å². The van der Waals surface area contributed by atoms with Gasteiger partial charge >= 0.3 is 0 Å². The molecule has 2 heterocycles. The molecular formula is C28H54N4O3. The Bertz CT molecular complexity index is 812. The Hall–Kier alpha value is -2.54. The van der Waals surface area contributed by atoms with Crippen molar-refractivity contribution in [1.29, 1.82) is 0 Å². The zero-order chi connectivity index (χ0) is 28.7. The van der Waals surface area contributed by atoms with Crippen LogP contribution in [0.25, 0.3) is 0 Å². The molecule has 0 aliphatic heterocycles. The van der Waals surface area contributed by atoms with Crippen LogP contribution in [0, 0.1) is 0 Å². The number of nitrogens with zero attached hydrogens (tertiary/aromatic N) is 4. The quantitative estimate of drug-likeness (QED) is 0.531. The van der Waals surface area contributed by atoms with Crippen molar-refractivity contribution in [1.82, 2.24) is 19.4 Å². The van der Waals surface area contributed by atoms with Crippen LogP contribution in [0.15, 0.2) is 29.5 Å². The topological polar surface area (TPSA) is 88.3 Å². The maximum absolute atomic E-state index is 11.8. The minimum absolute atomic E-state index is 0.0849. The average Bonchev–Trinajstić information content (AvgIpc) is 2.90. The summed E-state index contributed by atoms with van der Waals surface area (Å²) < 4.78 is 1.46. The highest BCUT2D eigenvalue weighted by Crippen LogP contribution is 2.14. The van der Waals surface area contributed by atoms with Crippen molar-refractivity contribution in [3.8, 4) is 0 Å². The zero-order valence-electron chi connectivity index (χ0n) is 25.2. The molecule has 2 aromatic rings. The lowest BCUT2D eigenvalue weighted by molar-refractivity contribution is 0.0825. The van der Waals surface area contributed by atoms with E-state index in [1.54, 1.807) is 45.8 Å². The third kappa shape index (κ3) is 15.9. The van der Waals surface area contributed by atoms with E-state index in [9.17, 15) is 9.59 Å². The lowest BCUT2D eigenvalue weighted by atomic mass is 10.0. The van der Waals surface area contributed by atoms with Gasteiger partial charge in [0.25, 0.3) is 11.5 Å². The third-order valence-corrected chi connectivity index (χ3v) is 4.04. The zero-order valence-corrected chi connectivity index (χ0v) is 25.2. The molecule has 1 amide bonds. The number of aryl methyl sites for hydroxylation is 1. The molecule has 1 N–H and O–H groups in total. The van der Waals surface area contributed by atoms with Gasteiger partial charge in [0.1, 0.15) is 12.2 Å². The number of amides is 1. The number of aliphatic hydroxyl groups is 1. The van der Waals surface area contributed by atoms with Gasteiger partial charge in [0.2, 0.25) is 0 Å². The fraction of sp³-hybridized carbons (Fsp3) is 0.643. The first-order valence-corrected chi connectivity index (χ1v) is 12.9. The van der Waals surface area contributed by atoms with Crippen molar-refractivity contribution in [3.05, 3.63) is 57.5 Å². The monoisotopic (exact) mass is 494 g/mol. The van der Waals surface area contributed by atoms with Crippen LogP contribution < -0.4 is 5.56 Å². The summed E-state index contributed by atoms with van der Waals surface area (Å²) >= 11 is 0. The first kappa shape index (κ1) is 39.7. The number of aromatic nitrogens is 3. The smallest absolute Gasteiger partial charge is 0.263 e. The van der Waals surface area contributed by atoms with Gasteiger partial charge in [-0.25, -0.2) is 9.97 Å². The van der Waals surface area contributed by atoms with Gasteiger partial charge in [0.15, 0.2) is 5.82 Å². The molecule has 2 aromatic heterocycles. The summed E-state index contributed by atoms with van der Waals surface area (Å²) in [6.07, 6.45) is 5.28. The number of aliphatic hydroxyl groups excluding tert-OH is 1. The number of pyridine rings is 1. The van der Waals surface area contributed by atoms with Crippen molar-refractivity contribution in [2.45, 2.75) is 102 Å². The van der Waals surface area contributed by atoms with Crippen molar-refractivity contribution >= 4 is 5.91 Å². The molecule has 0 spiro atoms. The summed E-state index contributed by atoms with van der Waals surface area (Å²) in [6, 6.07) is 1.69. The lowest BCUT2D eigenvalue weighted by Crippen LogP contribution is -2.31. The fourth-order valence-electron chi connectivity index (χ4n) is 2.19. The number of hydrogen-bond donors (Lipinski definition) is 1. The third-order valence-electron chi connectivity index (χ3n) is 4.04. The summed E-state index contributed by atoms with van der Waals surface area (Å²) in [5, 5.41) is 8.64. The highest BCUT2D eigenvalue weighted by atomic mass is 16.3. The number of hydrogen-bond acceptors (Lipinski definition) is 5. The Morgan fingerprint density at radius 3 is 1.60 bits per heavy atom. The van der Waals surface area contributed by atoms with Crippen LogP contribution in [0.1, 0.15) is 122 Å². The molecule has 0 saturated heterocycles. The highest BCUT2D eigenvalue weighted by Gasteiger charge is 2.15. The summed E-state index contributed by atoms with van der Waals surface area (Å²) in [6.45, 7) is 24.1. The molecule has 2 rings (SSSR count). The van der Waals surface area contributed by atoms with Crippen LogP contribution in [0.5, 0.6) is 0 Å². The van der Waals surface area contributed by atoms with E-state index in [1.807, 2.05) is 69.2 Å². The molecule has 0 atom stereocenters. The lowest BCUT2D eigenvalue weighted by Gasteiger charge is -2.13. The largest absolute Gasteiger partial charge is 0.388 e. The first-order valence-electron chi connectivity index (χ1n) is 12.9.